The van der Waals surface area contributed by atoms with E-state index in [1.54, 1.807) is 19.2 Å². The van der Waals surface area contributed by atoms with Crippen LogP contribution in [0.4, 0.5) is 5.69 Å². The number of ether oxygens (including phenoxy) is 1. The molecular weight excluding hydrogens is 392 g/mol. The number of amides is 4. The molecule has 0 aliphatic carbocycles. The third-order valence-electron chi connectivity index (χ3n) is 5.11. The van der Waals surface area contributed by atoms with Crippen LogP contribution in [0.2, 0.25) is 0 Å². The molecule has 0 spiro atoms. The summed E-state index contributed by atoms with van der Waals surface area (Å²) in [6.07, 6.45) is 0.0722. The van der Waals surface area contributed by atoms with E-state index >= 15 is 0 Å². The van der Waals surface area contributed by atoms with Crippen LogP contribution in [0.3, 0.4) is 0 Å². The molecule has 0 saturated carbocycles. The zero-order chi connectivity index (χ0) is 21.8. The summed E-state index contributed by atoms with van der Waals surface area (Å²) in [4.78, 5) is 64.5. The van der Waals surface area contributed by atoms with Gasteiger partial charge in [0, 0.05) is 19.2 Å². The van der Waals surface area contributed by atoms with E-state index in [9.17, 15) is 24.0 Å². The number of carbonyl (C=O) groups excluding carboxylic acids is 5. The van der Waals surface area contributed by atoms with Gasteiger partial charge in [-0.05, 0) is 25.1 Å². The summed E-state index contributed by atoms with van der Waals surface area (Å²) in [5, 5.41) is 5.70. The van der Waals surface area contributed by atoms with E-state index in [-0.39, 0.29) is 43.7 Å². The molecule has 160 valence electrons. The molecule has 2 N–H and O–H groups in total. The van der Waals surface area contributed by atoms with E-state index in [1.165, 1.54) is 6.07 Å². The highest BCUT2D eigenvalue weighted by atomic mass is 16.5. The average Bonchev–Trinajstić information content (AvgIpc) is 2.99. The highest BCUT2D eigenvalue weighted by Crippen LogP contribution is 2.33. The van der Waals surface area contributed by atoms with Gasteiger partial charge >= 0.3 is 5.97 Å². The fourth-order valence-electron chi connectivity index (χ4n) is 3.62. The lowest BCUT2D eigenvalue weighted by atomic mass is 10.0. The van der Waals surface area contributed by atoms with Gasteiger partial charge in [0.15, 0.2) is 0 Å². The molecule has 1 atom stereocenters. The zero-order valence-corrected chi connectivity index (χ0v) is 16.9. The second-order valence-corrected chi connectivity index (χ2v) is 6.90. The fraction of sp³-hybridized carbons (Fsp3) is 0.450. The lowest BCUT2D eigenvalue weighted by Gasteiger charge is -2.34. The third-order valence-corrected chi connectivity index (χ3v) is 5.11. The first-order valence-electron chi connectivity index (χ1n) is 9.79. The highest BCUT2D eigenvalue weighted by Gasteiger charge is 2.47. The Morgan fingerprint density at radius 1 is 1.20 bits per heavy atom. The SMILES string of the molecule is CCNCC(=O)OCCN1C(=O)CCC(N2C(=O)c3cccc(NC)c3C2=O)C1=O. The number of esters is 1. The van der Waals surface area contributed by atoms with Crippen molar-refractivity contribution in [3.8, 4) is 0 Å². The molecule has 10 heteroatoms. The van der Waals surface area contributed by atoms with E-state index < -0.39 is 35.6 Å². The summed E-state index contributed by atoms with van der Waals surface area (Å²) in [5.74, 6) is -2.69. The van der Waals surface area contributed by atoms with Crippen molar-refractivity contribution in [2.24, 2.45) is 0 Å². The monoisotopic (exact) mass is 416 g/mol. The number of nitrogens with zero attached hydrogens (tertiary/aromatic N) is 2. The van der Waals surface area contributed by atoms with E-state index in [4.69, 9.17) is 4.74 Å². The molecule has 0 aromatic heterocycles. The number of hydrogen-bond donors (Lipinski definition) is 2. The zero-order valence-electron chi connectivity index (χ0n) is 16.9. The van der Waals surface area contributed by atoms with Crippen molar-refractivity contribution in [2.75, 3.05) is 38.6 Å². The van der Waals surface area contributed by atoms with Crippen LogP contribution in [0.1, 0.15) is 40.5 Å². The van der Waals surface area contributed by atoms with Crippen molar-refractivity contribution >= 4 is 35.3 Å². The van der Waals surface area contributed by atoms with E-state index in [2.05, 4.69) is 10.6 Å². The molecule has 2 aliphatic rings. The molecular formula is C20H24N4O6. The van der Waals surface area contributed by atoms with Gasteiger partial charge in [0.25, 0.3) is 17.7 Å². The molecule has 0 bridgehead atoms. The Morgan fingerprint density at radius 2 is 1.97 bits per heavy atom. The van der Waals surface area contributed by atoms with Crippen LogP contribution in [0.25, 0.3) is 0 Å². The lowest BCUT2D eigenvalue weighted by molar-refractivity contribution is -0.155. The average molecular weight is 416 g/mol. The van der Waals surface area contributed by atoms with Gasteiger partial charge in [-0.3, -0.25) is 33.8 Å². The van der Waals surface area contributed by atoms with Gasteiger partial charge in [0.1, 0.15) is 12.6 Å². The van der Waals surface area contributed by atoms with Gasteiger partial charge in [-0.1, -0.05) is 13.0 Å². The molecule has 1 fully saturated rings. The number of benzene rings is 1. The first-order valence-corrected chi connectivity index (χ1v) is 9.79. The maximum Gasteiger partial charge on any atom is 0.319 e. The third kappa shape index (κ3) is 3.90. The number of likely N-dealkylation sites (tertiary alicyclic amines) is 1. The molecule has 0 radical (unpaired) electrons. The maximum absolute atomic E-state index is 13.0. The summed E-state index contributed by atoms with van der Waals surface area (Å²) in [6.45, 7) is 2.20. The van der Waals surface area contributed by atoms with Crippen LogP contribution in [-0.4, -0.2) is 78.7 Å². The molecule has 3 rings (SSSR count). The minimum absolute atomic E-state index is 0.00797. The standard InChI is InChI=1S/C20H24N4O6/c1-3-22-11-16(26)30-10-9-23-15(25)8-7-14(19(23)28)24-18(27)12-5-4-6-13(21-2)17(12)20(24)29/h4-6,14,21-22H,3,7-11H2,1-2H3. The normalized spacial score (nSPS) is 18.7. The molecule has 10 nitrogen and oxygen atoms in total. The Hall–Kier alpha value is -3.27. The van der Waals surface area contributed by atoms with Crippen molar-refractivity contribution in [3.63, 3.8) is 0 Å². The minimum Gasteiger partial charge on any atom is -0.463 e. The van der Waals surface area contributed by atoms with Crippen LogP contribution in [-0.2, 0) is 19.1 Å². The number of imide groups is 2. The predicted molar refractivity (Wildman–Crippen MR) is 106 cm³/mol. The first-order chi connectivity index (χ1) is 14.4. The van der Waals surface area contributed by atoms with E-state index in [1.807, 2.05) is 6.92 Å². The van der Waals surface area contributed by atoms with Crippen molar-refractivity contribution in [3.05, 3.63) is 29.3 Å². The summed E-state index contributed by atoms with van der Waals surface area (Å²) in [7, 11) is 1.64. The van der Waals surface area contributed by atoms with Crippen molar-refractivity contribution in [1.29, 1.82) is 0 Å². The lowest BCUT2D eigenvalue weighted by Crippen LogP contribution is -2.56. The number of piperidine rings is 1. The molecule has 1 saturated heterocycles. The molecule has 1 aromatic carbocycles. The predicted octanol–water partition coefficient (Wildman–Crippen LogP) is -0.00540. The Labute approximate surface area is 173 Å². The van der Waals surface area contributed by atoms with Gasteiger partial charge in [0.2, 0.25) is 5.91 Å². The Morgan fingerprint density at radius 3 is 2.67 bits per heavy atom. The number of fused-ring (bicyclic) bond motifs is 1. The Bertz CT molecular complexity index is 899. The quantitative estimate of drug-likeness (QED) is 0.448. The number of carbonyl (C=O) groups is 5. The largest absolute Gasteiger partial charge is 0.463 e. The Kier molecular flexibility index (Phi) is 6.46. The van der Waals surface area contributed by atoms with Crippen LogP contribution in [0.15, 0.2) is 18.2 Å². The summed E-state index contributed by atoms with van der Waals surface area (Å²) >= 11 is 0. The van der Waals surface area contributed by atoms with E-state index in [0.29, 0.717) is 12.2 Å². The first kappa shape index (κ1) is 21.4. The van der Waals surface area contributed by atoms with Crippen LogP contribution in [0, 0.1) is 0 Å². The second-order valence-electron chi connectivity index (χ2n) is 6.90. The van der Waals surface area contributed by atoms with E-state index in [0.717, 1.165) is 9.80 Å². The molecule has 2 aliphatic heterocycles. The van der Waals surface area contributed by atoms with Gasteiger partial charge in [-0.25, -0.2) is 0 Å². The molecule has 2 heterocycles. The van der Waals surface area contributed by atoms with Crippen molar-refractivity contribution in [1.82, 2.24) is 15.1 Å². The number of anilines is 1. The maximum atomic E-state index is 13.0. The number of rotatable bonds is 8. The summed E-state index contributed by atoms with van der Waals surface area (Å²) < 4.78 is 5.02. The van der Waals surface area contributed by atoms with Crippen molar-refractivity contribution in [2.45, 2.75) is 25.8 Å². The molecule has 30 heavy (non-hydrogen) atoms. The van der Waals surface area contributed by atoms with Gasteiger partial charge < -0.3 is 15.4 Å². The van der Waals surface area contributed by atoms with Crippen molar-refractivity contribution < 1.29 is 28.7 Å². The molecule has 1 aromatic rings. The fourth-order valence-corrected chi connectivity index (χ4v) is 3.62. The number of likely N-dealkylation sites (N-methyl/N-ethyl adjacent to an activating group) is 1. The van der Waals surface area contributed by atoms with Gasteiger partial charge in [0.05, 0.1) is 24.2 Å². The topological polar surface area (TPSA) is 125 Å². The van der Waals surface area contributed by atoms with Crippen LogP contribution >= 0.6 is 0 Å². The Balaban J connectivity index is 1.72. The molecule has 4 amide bonds. The summed E-state index contributed by atoms with van der Waals surface area (Å²) in [5.41, 5.74) is 0.941. The highest BCUT2D eigenvalue weighted by molar-refractivity contribution is 6.25. The smallest absolute Gasteiger partial charge is 0.319 e. The van der Waals surface area contributed by atoms with Gasteiger partial charge in [-0.15, -0.1) is 0 Å². The second kappa shape index (κ2) is 9.04. The van der Waals surface area contributed by atoms with Gasteiger partial charge in [-0.2, -0.15) is 0 Å². The molecule has 1 unspecified atom stereocenters. The van der Waals surface area contributed by atoms with Crippen LogP contribution in [0.5, 0.6) is 0 Å². The minimum atomic E-state index is -1.07. The number of hydrogen-bond acceptors (Lipinski definition) is 8. The number of nitrogens with one attached hydrogen (secondary N) is 2. The summed E-state index contributed by atoms with van der Waals surface area (Å²) in [6, 6.07) is 3.79. The van der Waals surface area contributed by atoms with Crippen LogP contribution < -0.4 is 10.6 Å².